The van der Waals surface area contributed by atoms with Gasteiger partial charge in [-0.3, -0.25) is 5.10 Å². The highest BCUT2D eigenvalue weighted by atomic mass is 16.5. The molecule has 0 saturated heterocycles. The number of methoxy groups -OCH3 is 1. The van der Waals surface area contributed by atoms with Crippen molar-refractivity contribution >= 4 is 11.8 Å². The van der Waals surface area contributed by atoms with Crippen LogP contribution in [0, 0.1) is 11.3 Å². The van der Waals surface area contributed by atoms with Crippen molar-refractivity contribution < 1.29 is 13.9 Å². The number of pyridine rings is 1. The number of hydrogen-bond donors (Lipinski definition) is 2. The van der Waals surface area contributed by atoms with Crippen LogP contribution in [0.2, 0.25) is 0 Å². The Morgan fingerprint density at radius 3 is 3.04 bits per heavy atom. The van der Waals surface area contributed by atoms with Crippen molar-refractivity contribution in [1.29, 1.82) is 5.26 Å². The molecule has 8 nitrogen and oxygen atoms in total. The lowest BCUT2D eigenvalue weighted by molar-refractivity contribution is 0.0595. The summed E-state index contributed by atoms with van der Waals surface area (Å²) in [5.41, 5.74) is 9.81. The number of rotatable bonds is 2. The summed E-state index contributed by atoms with van der Waals surface area (Å²) in [6.45, 7) is 0. The Balaban J connectivity index is 2.06. The van der Waals surface area contributed by atoms with Crippen molar-refractivity contribution in [2.75, 3.05) is 12.8 Å². The minimum atomic E-state index is -0.569. The lowest BCUT2D eigenvalue weighted by Gasteiger charge is -2.20. The first-order chi connectivity index (χ1) is 12.2. The number of carbonyl (C=O) groups excluding carboxylic acids is 1. The molecule has 0 bridgehead atoms. The zero-order valence-electron chi connectivity index (χ0n) is 13.3. The fourth-order valence-electron chi connectivity index (χ4n) is 3.23. The van der Waals surface area contributed by atoms with Crippen LogP contribution >= 0.6 is 0 Å². The lowest BCUT2D eigenvalue weighted by Crippen LogP contribution is -2.12. The number of anilines is 1. The van der Waals surface area contributed by atoms with E-state index in [0.29, 0.717) is 29.7 Å². The highest BCUT2D eigenvalue weighted by Gasteiger charge is 2.29. The van der Waals surface area contributed by atoms with Crippen molar-refractivity contribution in [3.8, 4) is 28.5 Å². The topological polar surface area (TPSA) is 131 Å². The van der Waals surface area contributed by atoms with Gasteiger partial charge in [-0.2, -0.15) is 10.4 Å². The first kappa shape index (κ1) is 15.0. The third-order valence-electron chi connectivity index (χ3n) is 4.34. The van der Waals surface area contributed by atoms with Crippen molar-refractivity contribution in [2.45, 2.75) is 12.8 Å². The molecule has 0 saturated carbocycles. The summed E-state index contributed by atoms with van der Waals surface area (Å²) in [4.78, 5) is 16.5. The summed E-state index contributed by atoms with van der Waals surface area (Å²) in [7, 11) is 1.28. The Bertz CT molecular complexity index is 1040. The Hall–Kier alpha value is -3.60. The van der Waals surface area contributed by atoms with Crippen molar-refractivity contribution in [1.82, 2.24) is 15.2 Å². The summed E-state index contributed by atoms with van der Waals surface area (Å²) < 4.78 is 10.3. The summed E-state index contributed by atoms with van der Waals surface area (Å²) >= 11 is 0. The van der Waals surface area contributed by atoms with Crippen molar-refractivity contribution in [2.24, 2.45) is 0 Å². The van der Waals surface area contributed by atoms with Gasteiger partial charge in [0.15, 0.2) is 5.69 Å². The largest absolute Gasteiger partial charge is 0.469 e. The number of aromatic nitrogens is 3. The number of nitriles is 1. The van der Waals surface area contributed by atoms with Crippen LogP contribution in [-0.4, -0.2) is 28.3 Å². The molecule has 1 aliphatic rings. The quantitative estimate of drug-likeness (QED) is 0.685. The summed E-state index contributed by atoms with van der Waals surface area (Å²) in [6, 6.07) is 3.93. The molecule has 1 aliphatic carbocycles. The van der Waals surface area contributed by atoms with Crippen molar-refractivity contribution in [3.63, 3.8) is 0 Å². The van der Waals surface area contributed by atoms with Gasteiger partial charge in [-0.1, -0.05) is 0 Å². The van der Waals surface area contributed by atoms with Crippen LogP contribution in [0.1, 0.15) is 27.4 Å². The van der Waals surface area contributed by atoms with Crippen LogP contribution < -0.4 is 5.73 Å². The predicted octanol–water partition coefficient (Wildman–Crippen LogP) is 2.07. The minimum absolute atomic E-state index is 0.0994. The van der Waals surface area contributed by atoms with Crippen LogP contribution in [0.25, 0.3) is 22.4 Å². The minimum Gasteiger partial charge on any atom is -0.469 e. The SMILES string of the molecule is COC(=O)c1[nH]ncc1-c1c(C#N)c(N)nc2c1CCc1occc1-2. The van der Waals surface area contributed by atoms with Crippen LogP contribution in [0.4, 0.5) is 5.82 Å². The number of ether oxygens (including phenoxy) is 1. The number of aryl methyl sites for hydroxylation is 1. The van der Waals surface area contributed by atoms with Gasteiger partial charge < -0.3 is 14.9 Å². The van der Waals surface area contributed by atoms with E-state index in [1.54, 1.807) is 6.26 Å². The van der Waals surface area contributed by atoms with Gasteiger partial charge in [-0.25, -0.2) is 9.78 Å². The molecule has 8 heteroatoms. The number of nitrogens with two attached hydrogens (primary N) is 1. The van der Waals surface area contributed by atoms with E-state index in [9.17, 15) is 10.1 Å². The molecule has 0 radical (unpaired) electrons. The third-order valence-corrected chi connectivity index (χ3v) is 4.34. The van der Waals surface area contributed by atoms with Gasteiger partial charge in [0.2, 0.25) is 0 Å². The second-order valence-electron chi connectivity index (χ2n) is 5.59. The van der Waals surface area contributed by atoms with E-state index in [1.165, 1.54) is 13.3 Å². The smallest absolute Gasteiger partial charge is 0.356 e. The number of carbonyl (C=O) groups is 1. The number of aromatic amines is 1. The van der Waals surface area contributed by atoms with E-state index in [2.05, 4.69) is 21.3 Å². The van der Waals surface area contributed by atoms with Crippen LogP contribution in [-0.2, 0) is 17.6 Å². The fourth-order valence-corrected chi connectivity index (χ4v) is 3.23. The maximum absolute atomic E-state index is 12.0. The van der Waals surface area contributed by atoms with E-state index in [1.807, 2.05) is 6.07 Å². The Kier molecular flexibility index (Phi) is 3.28. The number of nitrogen functional groups attached to an aromatic ring is 1. The second-order valence-corrected chi connectivity index (χ2v) is 5.59. The van der Waals surface area contributed by atoms with E-state index >= 15 is 0 Å². The molecule has 25 heavy (non-hydrogen) atoms. The number of nitrogens with zero attached hydrogens (tertiary/aromatic N) is 3. The molecule has 4 rings (SSSR count). The molecule has 124 valence electrons. The third kappa shape index (κ3) is 2.10. The second kappa shape index (κ2) is 5.49. The van der Waals surface area contributed by atoms with E-state index in [-0.39, 0.29) is 17.1 Å². The molecule has 0 fully saturated rings. The van der Waals surface area contributed by atoms with Gasteiger partial charge in [-0.05, 0) is 18.1 Å². The summed E-state index contributed by atoms with van der Waals surface area (Å²) in [6.07, 6.45) is 4.38. The fraction of sp³-hybridized carbons (Fsp3) is 0.176. The Morgan fingerprint density at radius 1 is 1.44 bits per heavy atom. The number of furan rings is 1. The molecule has 0 aliphatic heterocycles. The zero-order valence-corrected chi connectivity index (χ0v) is 13.3. The summed E-state index contributed by atoms with van der Waals surface area (Å²) in [5, 5.41) is 16.2. The highest BCUT2D eigenvalue weighted by molar-refractivity contribution is 5.98. The molecule has 0 unspecified atom stereocenters. The number of fused-ring (bicyclic) bond motifs is 3. The molecule has 3 N–H and O–H groups in total. The molecule has 0 spiro atoms. The number of H-pyrrole nitrogens is 1. The molecule has 3 heterocycles. The maximum atomic E-state index is 12.0. The van der Waals surface area contributed by atoms with Gasteiger partial charge in [0.1, 0.15) is 23.2 Å². The molecule has 0 atom stereocenters. The molecule has 3 aromatic rings. The molecule has 0 amide bonds. The number of hydrogen-bond acceptors (Lipinski definition) is 7. The lowest BCUT2D eigenvalue weighted by atomic mass is 9.86. The van der Waals surface area contributed by atoms with Crippen LogP contribution in [0.5, 0.6) is 0 Å². The summed E-state index contributed by atoms with van der Waals surface area (Å²) in [5.74, 6) is 0.359. The van der Waals surface area contributed by atoms with E-state index in [4.69, 9.17) is 14.9 Å². The number of nitrogens with one attached hydrogen (secondary N) is 1. The first-order valence-corrected chi connectivity index (χ1v) is 7.57. The van der Waals surface area contributed by atoms with Gasteiger partial charge >= 0.3 is 5.97 Å². The molecule has 3 aromatic heterocycles. The molecular weight excluding hydrogens is 322 g/mol. The Morgan fingerprint density at radius 2 is 2.28 bits per heavy atom. The van der Waals surface area contributed by atoms with Crippen molar-refractivity contribution in [3.05, 3.63) is 41.1 Å². The standard InChI is InChI=1S/C17H13N5O3/c1-24-17(23)15-11(7-20-22-15)13-9-2-3-12-8(4-5-25-12)14(9)21-16(19)10(13)6-18/h4-5,7H,2-3H2,1H3,(H2,19,21)(H,20,22). The van der Waals surface area contributed by atoms with Crippen LogP contribution in [0.3, 0.4) is 0 Å². The molecule has 0 aromatic carbocycles. The predicted molar refractivity (Wildman–Crippen MR) is 87.4 cm³/mol. The average molecular weight is 335 g/mol. The zero-order chi connectivity index (χ0) is 17.6. The average Bonchev–Trinajstić information content (AvgIpc) is 3.28. The van der Waals surface area contributed by atoms with Crippen LogP contribution in [0.15, 0.2) is 22.9 Å². The van der Waals surface area contributed by atoms with Gasteiger partial charge in [-0.15, -0.1) is 0 Å². The van der Waals surface area contributed by atoms with E-state index in [0.717, 1.165) is 16.9 Å². The first-order valence-electron chi connectivity index (χ1n) is 7.57. The van der Waals surface area contributed by atoms with Gasteiger partial charge in [0, 0.05) is 23.1 Å². The highest BCUT2D eigenvalue weighted by Crippen LogP contribution is 2.42. The number of esters is 1. The maximum Gasteiger partial charge on any atom is 0.356 e. The van der Waals surface area contributed by atoms with E-state index < -0.39 is 5.97 Å². The molecular formula is C17H13N5O3. The monoisotopic (exact) mass is 335 g/mol. The van der Waals surface area contributed by atoms with Gasteiger partial charge in [0.05, 0.1) is 25.3 Å². The Labute approximate surface area is 142 Å². The normalized spacial score (nSPS) is 12.2. The van der Waals surface area contributed by atoms with Gasteiger partial charge in [0.25, 0.3) is 0 Å².